The van der Waals surface area contributed by atoms with Gasteiger partial charge in [-0.05, 0) is 44.9 Å². The molecule has 0 saturated carbocycles. The highest BCUT2D eigenvalue weighted by atomic mass is 35.5. The normalized spacial score (nSPS) is 21.7. The summed E-state index contributed by atoms with van der Waals surface area (Å²) in [4.78, 5) is 24.9. The molecule has 3 aliphatic rings. The van der Waals surface area contributed by atoms with Gasteiger partial charge in [0.15, 0.2) is 11.6 Å². The smallest absolute Gasteiger partial charge is 0.418 e. The molecule has 4 N–H and O–H groups in total. The molecule has 11 nitrogen and oxygen atoms in total. The number of nitrogen functional groups attached to an aromatic ring is 2. The number of aryl methyl sites for hydroxylation is 1. The molecule has 0 radical (unpaired) electrons. The molecule has 2 fully saturated rings. The largest absolute Gasteiger partial charge is 0.489 e. The van der Waals surface area contributed by atoms with E-state index in [-0.39, 0.29) is 72.9 Å². The minimum Gasteiger partial charge on any atom is -0.489 e. The van der Waals surface area contributed by atoms with Gasteiger partial charge in [-0.25, -0.2) is 23.7 Å². The Labute approximate surface area is 276 Å². The molecule has 0 bridgehead atoms. The van der Waals surface area contributed by atoms with E-state index in [9.17, 15) is 17.6 Å². The van der Waals surface area contributed by atoms with Crippen LogP contribution in [0.1, 0.15) is 48.9 Å². The third-order valence-electron chi connectivity index (χ3n) is 9.47. The molecule has 1 aromatic carbocycles. The maximum Gasteiger partial charge on any atom is 0.418 e. The standard InChI is InChI=1S/C31H31ClF5N9O2/c1-14-8-18(38)42-24(21(14)31(35,36)37)19-22(32)26-20-25(23(19)34)43-29(48-12-30-4-3-5-45(30)11-16(33)9-30)44-28(20)46(6-7-47-26)15(2)17-10-40-13-41-27(17)39/h8,10,13,15-16H,3-7,9,11-12H2,1-2H3,(H2,38,42)(H2,39,40,41)/t15-,16-,30+/m1/s1. The van der Waals surface area contributed by atoms with Crippen LogP contribution >= 0.6 is 11.6 Å². The summed E-state index contributed by atoms with van der Waals surface area (Å²) in [6, 6.07) is 0.240. The van der Waals surface area contributed by atoms with Crippen LogP contribution in [0.25, 0.3) is 22.2 Å². The summed E-state index contributed by atoms with van der Waals surface area (Å²) < 4.78 is 86.9. The van der Waals surface area contributed by atoms with Gasteiger partial charge in [0.05, 0.1) is 45.4 Å². The predicted molar refractivity (Wildman–Crippen MR) is 168 cm³/mol. The lowest BCUT2D eigenvalue weighted by molar-refractivity contribution is -0.137. The molecule has 3 aromatic heterocycles. The van der Waals surface area contributed by atoms with Gasteiger partial charge in [-0.1, -0.05) is 11.6 Å². The Kier molecular flexibility index (Phi) is 7.85. The molecule has 48 heavy (non-hydrogen) atoms. The van der Waals surface area contributed by atoms with Crippen molar-refractivity contribution in [3.05, 3.63) is 46.1 Å². The summed E-state index contributed by atoms with van der Waals surface area (Å²) in [5.74, 6) is -1.27. The monoisotopic (exact) mass is 691 g/mol. The third kappa shape index (κ3) is 5.25. The Morgan fingerprint density at radius 2 is 2.00 bits per heavy atom. The van der Waals surface area contributed by atoms with Crippen molar-refractivity contribution in [1.82, 2.24) is 29.8 Å². The predicted octanol–water partition coefficient (Wildman–Crippen LogP) is 5.68. The molecular weight excluding hydrogens is 661 g/mol. The first-order valence-corrected chi connectivity index (χ1v) is 15.7. The van der Waals surface area contributed by atoms with Gasteiger partial charge in [0, 0.05) is 24.7 Å². The van der Waals surface area contributed by atoms with Gasteiger partial charge in [-0.2, -0.15) is 23.1 Å². The molecule has 3 aliphatic heterocycles. The molecule has 4 aromatic rings. The highest BCUT2D eigenvalue weighted by Crippen LogP contribution is 2.51. The molecule has 2 saturated heterocycles. The summed E-state index contributed by atoms with van der Waals surface area (Å²) in [7, 11) is 0. The third-order valence-corrected chi connectivity index (χ3v) is 9.83. The first-order valence-electron chi connectivity index (χ1n) is 15.3. The minimum atomic E-state index is -4.93. The van der Waals surface area contributed by atoms with Gasteiger partial charge in [-0.3, -0.25) is 4.90 Å². The Morgan fingerprint density at radius 3 is 2.75 bits per heavy atom. The molecule has 0 amide bonds. The van der Waals surface area contributed by atoms with E-state index in [1.54, 1.807) is 11.1 Å². The van der Waals surface area contributed by atoms with E-state index in [2.05, 4.69) is 24.9 Å². The van der Waals surface area contributed by atoms with E-state index < -0.39 is 57.1 Å². The highest BCUT2D eigenvalue weighted by Gasteiger charge is 2.49. The molecule has 3 atom stereocenters. The average Bonchev–Trinajstić information content (AvgIpc) is 3.46. The number of hydrogen-bond donors (Lipinski definition) is 2. The van der Waals surface area contributed by atoms with Crippen molar-refractivity contribution in [2.75, 3.05) is 49.2 Å². The fourth-order valence-electron chi connectivity index (χ4n) is 7.30. The van der Waals surface area contributed by atoms with Crippen molar-refractivity contribution in [2.45, 2.75) is 57.0 Å². The number of pyridine rings is 1. The second kappa shape index (κ2) is 11.7. The number of hydrogen-bond acceptors (Lipinski definition) is 11. The van der Waals surface area contributed by atoms with Gasteiger partial charge in [0.1, 0.15) is 48.7 Å². The molecule has 0 aliphatic carbocycles. The van der Waals surface area contributed by atoms with Gasteiger partial charge in [-0.15, -0.1) is 0 Å². The minimum absolute atomic E-state index is 0.00731. The molecule has 17 heteroatoms. The van der Waals surface area contributed by atoms with Crippen LogP contribution in [-0.2, 0) is 6.18 Å². The van der Waals surface area contributed by atoms with E-state index in [1.165, 1.54) is 13.3 Å². The van der Waals surface area contributed by atoms with Crippen LogP contribution < -0.4 is 25.8 Å². The first-order chi connectivity index (χ1) is 22.8. The van der Waals surface area contributed by atoms with Crippen molar-refractivity contribution >= 4 is 40.0 Å². The zero-order valence-electron chi connectivity index (χ0n) is 25.9. The second-order valence-corrected chi connectivity index (χ2v) is 12.8. The fourth-order valence-corrected chi connectivity index (χ4v) is 7.63. The van der Waals surface area contributed by atoms with E-state index in [0.717, 1.165) is 12.5 Å². The van der Waals surface area contributed by atoms with E-state index in [1.807, 2.05) is 11.8 Å². The maximum atomic E-state index is 17.0. The summed E-state index contributed by atoms with van der Waals surface area (Å²) in [6.07, 6.45) is -1.30. The van der Waals surface area contributed by atoms with E-state index in [0.29, 0.717) is 18.5 Å². The van der Waals surface area contributed by atoms with Gasteiger partial charge in [0.2, 0.25) is 0 Å². The number of nitrogens with two attached hydrogens (primary N) is 2. The van der Waals surface area contributed by atoms with E-state index in [4.69, 9.17) is 32.5 Å². The number of alkyl halides is 4. The fraction of sp³-hybridized carbons (Fsp3) is 0.452. The first kappa shape index (κ1) is 32.2. The highest BCUT2D eigenvalue weighted by molar-refractivity contribution is 6.36. The number of aromatic nitrogens is 5. The number of anilines is 3. The molecule has 0 spiro atoms. The molecular formula is C31H31ClF5N9O2. The zero-order chi connectivity index (χ0) is 34.1. The number of ether oxygens (including phenoxy) is 2. The molecule has 0 unspecified atom stereocenters. The molecule has 7 rings (SSSR count). The SMILES string of the molecule is Cc1cc(N)nc(-c2c(Cl)c3c4c(nc(OC[C@@]56CCCN5C[C@H](F)C6)nc4c2F)N([C@H](C)c2cncnc2N)CCO3)c1C(F)(F)F. The van der Waals surface area contributed by atoms with Crippen LogP contribution in [0.4, 0.5) is 39.4 Å². The van der Waals surface area contributed by atoms with Crippen LogP contribution in [0.2, 0.25) is 5.02 Å². The quantitative estimate of drug-likeness (QED) is 0.241. The van der Waals surface area contributed by atoms with Crippen LogP contribution in [0, 0.1) is 12.7 Å². The van der Waals surface area contributed by atoms with Crippen molar-refractivity contribution in [3.8, 4) is 23.0 Å². The van der Waals surface area contributed by atoms with Crippen LogP contribution in [0.15, 0.2) is 18.6 Å². The lowest BCUT2D eigenvalue weighted by atomic mass is 9.95. The Bertz CT molecular complexity index is 1930. The topological polar surface area (TPSA) is 141 Å². The summed E-state index contributed by atoms with van der Waals surface area (Å²) in [5, 5.41) is -0.452. The lowest BCUT2D eigenvalue weighted by Gasteiger charge is -2.32. The van der Waals surface area contributed by atoms with Crippen LogP contribution in [-0.4, -0.2) is 74.4 Å². The van der Waals surface area contributed by atoms with Crippen LogP contribution in [0.5, 0.6) is 11.8 Å². The summed E-state index contributed by atoms with van der Waals surface area (Å²) in [6.45, 7) is 4.15. The summed E-state index contributed by atoms with van der Waals surface area (Å²) >= 11 is 6.76. The van der Waals surface area contributed by atoms with E-state index >= 15 is 4.39 Å². The number of nitrogens with zero attached hydrogens (tertiary/aromatic N) is 7. The Hall–Kier alpha value is -4.31. The lowest BCUT2D eigenvalue weighted by Crippen LogP contribution is -2.43. The summed E-state index contributed by atoms with van der Waals surface area (Å²) in [5.41, 5.74) is 8.61. The number of halogens is 6. The van der Waals surface area contributed by atoms with Gasteiger partial charge in [0.25, 0.3) is 0 Å². The van der Waals surface area contributed by atoms with Crippen molar-refractivity contribution in [1.29, 1.82) is 0 Å². The van der Waals surface area contributed by atoms with Crippen LogP contribution in [0.3, 0.4) is 0 Å². The average molecular weight is 692 g/mol. The van der Waals surface area contributed by atoms with Gasteiger partial charge < -0.3 is 25.8 Å². The van der Waals surface area contributed by atoms with Crippen molar-refractivity contribution in [3.63, 3.8) is 0 Å². The molecule has 254 valence electrons. The maximum absolute atomic E-state index is 17.0. The zero-order valence-corrected chi connectivity index (χ0v) is 26.7. The Morgan fingerprint density at radius 1 is 1.21 bits per heavy atom. The number of rotatable bonds is 6. The molecule has 6 heterocycles. The Balaban J connectivity index is 1.46. The second-order valence-electron chi connectivity index (χ2n) is 12.4. The van der Waals surface area contributed by atoms with Gasteiger partial charge >= 0.3 is 12.2 Å². The van der Waals surface area contributed by atoms with Crippen molar-refractivity contribution in [2.24, 2.45) is 0 Å². The number of benzene rings is 1. The van der Waals surface area contributed by atoms with Crippen molar-refractivity contribution < 1.29 is 31.4 Å². The number of fused-ring (bicyclic) bond motifs is 1.